The van der Waals surface area contributed by atoms with Gasteiger partial charge in [0.2, 0.25) is 5.95 Å². The molecule has 4 rings (SSSR count). The number of rotatable bonds is 5. The molecule has 1 saturated heterocycles. The van der Waals surface area contributed by atoms with Crippen molar-refractivity contribution in [3.05, 3.63) is 52.1 Å². The molecule has 11 heteroatoms. The molecule has 0 atom stereocenters. The van der Waals surface area contributed by atoms with Crippen LogP contribution in [0.25, 0.3) is 11.8 Å². The van der Waals surface area contributed by atoms with Crippen LogP contribution in [0.2, 0.25) is 0 Å². The van der Waals surface area contributed by atoms with Gasteiger partial charge in [0.15, 0.2) is 17.4 Å². The van der Waals surface area contributed by atoms with E-state index in [2.05, 4.69) is 41.2 Å². The minimum absolute atomic E-state index is 0.0618. The molecule has 0 unspecified atom stereocenters. The van der Waals surface area contributed by atoms with Gasteiger partial charge < -0.3 is 26.8 Å². The number of nitrogen functional groups attached to an aromatic ring is 2. The molecule has 0 spiro atoms. The van der Waals surface area contributed by atoms with Crippen molar-refractivity contribution in [3.8, 4) is 5.75 Å². The van der Waals surface area contributed by atoms with Gasteiger partial charge in [0.1, 0.15) is 5.69 Å². The van der Waals surface area contributed by atoms with Gasteiger partial charge in [0.05, 0.1) is 16.2 Å². The molecule has 0 radical (unpaired) electrons. The molecule has 0 amide bonds. The van der Waals surface area contributed by atoms with Crippen molar-refractivity contribution in [2.45, 2.75) is 18.9 Å². The van der Waals surface area contributed by atoms with E-state index in [1.807, 2.05) is 4.68 Å². The summed E-state index contributed by atoms with van der Waals surface area (Å²) in [4.78, 5) is 10.9. The number of hydrogen-bond acceptors (Lipinski definition) is 8. The van der Waals surface area contributed by atoms with E-state index in [4.69, 9.17) is 11.5 Å². The van der Waals surface area contributed by atoms with Gasteiger partial charge in [0, 0.05) is 43.8 Å². The summed E-state index contributed by atoms with van der Waals surface area (Å²) in [6.45, 7) is 1.50. The van der Waals surface area contributed by atoms with Crippen LogP contribution < -0.4 is 21.7 Å². The molecule has 0 aliphatic carbocycles. The van der Waals surface area contributed by atoms with Crippen molar-refractivity contribution >= 4 is 45.2 Å². The van der Waals surface area contributed by atoms with Gasteiger partial charge in [-0.25, -0.2) is 14.4 Å². The molecule has 0 saturated carbocycles. The first kappa shape index (κ1) is 21.9. The average molecular weight is 503 g/mol. The van der Waals surface area contributed by atoms with Crippen molar-refractivity contribution in [1.29, 1.82) is 0 Å². The topological polar surface area (TPSA) is 131 Å². The van der Waals surface area contributed by atoms with Crippen LogP contribution in [-0.4, -0.2) is 45.0 Å². The van der Waals surface area contributed by atoms with Gasteiger partial charge in [-0.1, -0.05) is 6.07 Å². The predicted octanol–water partition coefficient (Wildman–Crippen LogP) is 3.00. The lowest BCUT2D eigenvalue weighted by molar-refractivity contribution is 0.364. The van der Waals surface area contributed by atoms with Crippen LogP contribution >= 0.6 is 15.9 Å². The lowest BCUT2D eigenvalue weighted by atomic mass is 10.0. The maximum Gasteiger partial charge on any atom is 0.225 e. The van der Waals surface area contributed by atoms with E-state index < -0.39 is 11.6 Å². The Balaban J connectivity index is 1.62. The summed E-state index contributed by atoms with van der Waals surface area (Å²) in [7, 11) is 1.69. The monoisotopic (exact) mass is 502 g/mol. The van der Waals surface area contributed by atoms with Gasteiger partial charge in [-0.05, 0) is 47.0 Å². The SMILES string of the molecule is CN/C(=C\c1c(N)c(N)nn1C1CCN(c2ncc(Br)cn2)CC1)c1cccc(F)c1O. The number of piperidine rings is 1. The minimum atomic E-state index is -0.702. The largest absolute Gasteiger partial charge is 0.504 e. The van der Waals surface area contributed by atoms with E-state index in [0.29, 0.717) is 28.6 Å². The minimum Gasteiger partial charge on any atom is -0.504 e. The highest BCUT2D eigenvalue weighted by molar-refractivity contribution is 9.10. The molecule has 1 aromatic carbocycles. The maximum atomic E-state index is 13.9. The summed E-state index contributed by atoms with van der Waals surface area (Å²) in [5, 5.41) is 17.6. The molecular formula is C21H24BrFN8O. The highest BCUT2D eigenvalue weighted by atomic mass is 79.9. The van der Waals surface area contributed by atoms with E-state index in [1.165, 1.54) is 12.1 Å². The lowest BCUT2D eigenvalue weighted by Gasteiger charge is -2.32. The summed E-state index contributed by atoms with van der Waals surface area (Å²) in [5.41, 5.74) is 14.0. The molecule has 9 nitrogen and oxygen atoms in total. The molecule has 6 N–H and O–H groups in total. The Morgan fingerprint density at radius 3 is 2.59 bits per heavy atom. The van der Waals surface area contributed by atoms with E-state index in [9.17, 15) is 9.50 Å². The zero-order valence-corrected chi connectivity index (χ0v) is 19.0. The Morgan fingerprint density at radius 2 is 1.94 bits per heavy atom. The fourth-order valence-electron chi connectivity index (χ4n) is 3.83. The molecule has 0 bridgehead atoms. The first-order valence-corrected chi connectivity index (χ1v) is 10.9. The van der Waals surface area contributed by atoms with E-state index >= 15 is 0 Å². The zero-order valence-electron chi connectivity index (χ0n) is 17.5. The van der Waals surface area contributed by atoms with Crippen LogP contribution in [0.1, 0.15) is 30.1 Å². The smallest absolute Gasteiger partial charge is 0.225 e. The molecular weight excluding hydrogens is 479 g/mol. The third-order valence-corrected chi connectivity index (χ3v) is 5.95. The number of nitrogens with zero attached hydrogens (tertiary/aromatic N) is 5. The number of hydrogen-bond donors (Lipinski definition) is 4. The summed E-state index contributed by atoms with van der Waals surface area (Å²) < 4.78 is 16.5. The molecule has 2 aromatic heterocycles. The predicted molar refractivity (Wildman–Crippen MR) is 126 cm³/mol. The van der Waals surface area contributed by atoms with Crippen LogP contribution in [0.15, 0.2) is 35.1 Å². The quantitative estimate of drug-likeness (QED) is 0.418. The van der Waals surface area contributed by atoms with Gasteiger partial charge in [0.25, 0.3) is 0 Å². The van der Waals surface area contributed by atoms with Crippen LogP contribution in [0.3, 0.4) is 0 Å². The summed E-state index contributed by atoms with van der Waals surface area (Å²) >= 11 is 3.35. The maximum absolute atomic E-state index is 13.9. The number of halogens is 2. The highest BCUT2D eigenvalue weighted by Crippen LogP contribution is 2.33. The standard InChI is InChI=1S/C21H24BrFN8O/c1-26-16(14-3-2-4-15(23)19(14)32)9-17-18(24)20(25)29-31(17)13-5-7-30(8-6-13)21-27-10-12(22)11-28-21/h2-4,9-11,13,26,32H,5-8,24H2,1H3,(H2,25,29)/b16-9-. The molecule has 3 aromatic rings. The molecule has 1 aliphatic heterocycles. The van der Waals surface area contributed by atoms with Crippen LogP contribution in [0.4, 0.5) is 21.8 Å². The number of phenolic OH excluding ortho intramolecular Hbond substituents is 1. The molecule has 1 aliphatic rings. The number of anilines is 3. The Bertz CT molecular complexity index is 1140. The fourth-order valence-corrected chi connectivity index (χ4v) is 4.04. The van der Waals surface area contributed by atoms with Crippen molar-refractivity contribution in [2.75, 3.05) is 36.5 Å². The second-order valence-electron chi connectivity index (χ2n) is 7.49. The van der Waals surface area contributed by atoms with E-state index in [0.717, 1.165) is 30.4 Å². The second kappa shape index (κ2) is 9.03. The number of aromatic nitrogens is 4. The molecule has 3 heterocycles. The van der Waals surface area contributed by atoms with Gasteiger partial charge in [-0.2, -0.15) is 5.10 Å². The summed E-state index contributed by atoms with van der Waals surface area (Å²) in [6.07, 6.45) is 6.78. The fraction of sp³-hybridized carbons (Fsp3) is 0.286. The van der Waals surface area contributed by atoms with E-state index in [-0.39, 0.29) is 11.9 Å². The van der Waals surface area contributed by atoms with Gasteiger partial charge >= 0.3 is 0 Å². The summed E-state index contributed by atoms with van der Waals surface area (Å²) in [5.74, 6) is -0.222. The van der Waals surface area contributed by atoms with Crippen LogP contribution in [0.5, 0.6) is 5.75 Å². The number of para-hydroxylation sites is 1. The van der Waals surface area contributed by atoms with E-state index in [1.54, 1.807) is 31.6 Å². The Hall–Kier alpha value is -3.34. The van der Waals surface area contributed by atoms with Crippen molar-refractivity contribution < 1.29 is 9.50 Å². The van der Waals surface area contributed by atoms with Gasteiger partial charge in [-0.3, -0.25) is 4.68 Å². The molecule has 168 valence electrons. The Kier molecular flexibility index (Phi) is 6.17. The number of aromatic hydroxyl groups is 1. The average Bonchev–Trinajstić information content (AvgIpc) is 3.08. The lowest BCUT2D eigenvalue weighted by Crippen LogP contribution is -2.36. The van der Waals surface area contributed by atoms with Crippen LogP contribution in [-0.2, 0) is 0 Å². The zero-order chi connectivity index (χ0) is 22.8. The van der Waals surface area contributed by atoms with Crippen molar-refractivity contribution in [1.82, 2.24) is 25.1 Å². The normalized spacial score (nSPS) is 15.2. The number of benzene rings is 1. The number of nitrogens with one attached hydrogen (secondary N) is 1. The van der Waals surface area contributed by atoms with Crippen LogP contribution in [0, 0.1) is 5.82 Å². The highest BCUT2D eigenvalue weighted by Gasteiger charge is 2.26. The number of nitrogens with two attached hydrogens (primary N) is 2. The van der Waals surface area contributed by atoms with Gasteiger partial charge in [-0.15, -0.1) is 0 Å². The molecule has 1 fully saturated rings. The van der Waals surface area contributed by atoms with Crippen molar-refractivity contribution in [2.24, 2.45) is 0 Å². The molecule has 32 heavy (non-hydrogen) atoms. The third-order valence-electron chi connectivity index (χ3n) is 5.54. The first-order chi connectivity index (χ1) is 15.4. The summed E-state index contributed by atoms with van der Waals surface area (Å²) in [6, 6.07) is 4.42. The first-order valence-electron chi connectivity index (χ1n) is 10.1. The Morgan fingerprint density at radius 1 is 1.25 bits per heavy atom. The van der Waals surface area contributed by atoms with Crippen molar-refractivity contribution in [3.63, 3.8) is 0 Å². The third kappa shape index (κ3) is 4.20. The second-order valence-corrected chi connectivity index (χ2v) is 8.41. The number of phenols is 1. The Labute approximate surface area is 193 Å².